The van der Waals surface area contributed by atoms with Gasteiger partial charge in [-0.3, -0.25) is 0 Å². The van der Waals surface area contributed by atoms with Crippen LogP contribution in [0.2, 0.25) is 0 Å². The molecular weight excluding hydrogens is 521 g/mol. The standard InChI is InChI=1S/C39H38BN3/c1-23-16-29-28-19-26(39(6,7)8)21-34-35(28)40(43-36(29)30(17-23)31-18-24(2)22-41-37(31)43)32-15-14-25(38(3,4)5)20-33(32)42(34)27-12-10-9-11-13-27/h9-22H,1-8H3. The van der Waals surface area contributed by atoms with E-state index in [9.17, 15) is 0 Å². The van der Waals surface area contributed by atoms with Gasteiger partial charge in [-0.05, 0) is 106 Å². The number of anilines is 3. The molecule has 4 aromatic carbocycles. The Morgan fingerprint density at radius 3 is 2.07 bits per heavy atom. The van der Waals surface area contributed by atoms with Gasteiger partial charge in [-0.15, -0.1) is 0 Å². The van der Waals surface area contributed by atoms with Crippen molar-refractivity contribution >= 4 is 56.8 Å². The van der Waals surface area contributed by atoms with Gasteiger partial charge in [0.15, 0.2) is 0 Å². The quantitative estimate of drug-likeness (QED) is 0.187. The van der Waals surface area contributed by atoms with Gasteiger partial charge in [-0.25, -0.2) is 4.98 Å². The SMILES string of the molecule is Cc1cnc2c(c1)c1cc(C)cc3c1n2B1c2ccc(C(C)(C)C)cc2N(c2ccccc2)c2cc(C(C)(C)C)cc-3c21. The molecule has 2 aliphatic heterocycles. The van der Waals surface area contributed by atoms with Crippen LogP contribution in [0.15, 0.2) is 85.1 Å². The van der Waals surface area contributed by atoms with Gasteiger partial charge in [0.1, 0.15) is 5.65 Å². The fourth-order valence-corrected chi connectivity index (χ4v) is 7.37. The third kappa shape index (κ3) is 3.72. The number of para-hydroxylation sites is 1. The number of aryl methyl sites for hydroxylation is 2. The maximum Gasteiger partial charge on any atom is 0.334 e. The van der Waals surface area contributed by atoms with Crippen molar-refractivity contribution in [3.63, 3.8) is 0 Å². The Labute approximate surface area is 255 Å². The number of nitrogens with zero attached hydrogens (tertiary/aromatic N) is 3. The average molecular weight is 560 g/mol. The molecule has 2 aliphatic rings. The van der Waals surface area contributed by atoms with E-state index in [1.165, 1.54) is 77.7 Å². The van der Waals surface area contributed by atoms with Crippen molar-refractivity contribution in [1.29, 1.82) is 0 Å². The Balaban J connectivity index is 1.60. The van der Waals surface area contributed by atoms with Crippen molar-refractivity contribution in [1.82, 2.24) is 9.46 Å². The van der Waals surface area contributed by atoms with Crippen LogP contribution in [0, 0.1) is 13.8 Å². The summed E-state index contributed by atoms with van der Waals surface area (Å²) in [6.07, 6.45) is 2.03. The summed E-state index contributed by atoms with van der Waals surface area (Å²) < 4.78 is 2.55. The molecule has 4 heterocycles. The molecule has 2 aromatic heterocycles. The molecule has 0 radical (unpaired) electrons. The minimum Gasteiger partial charge on any atom is -0.360 e. The monoisotopic (exact) mass is 559 g/mol. The molecule has 0 saturated heterocycles. The lowest BCUT2D eigenvalue weighted by Gasteiger charge is -2.42. The van der Waals surface area contributed by atoms with Crippen molar-refractivity contribution < 1.29 is 0 Å². The van der Waals surface area contributed by atoms with Crippen molar-refractivity contribution in [3.05, 3.63) is 107 Å². The number of aromatic nitrogens is 2. The lowest BCUT2D eigenvalue weighted by Crippen LogP contribution is -2.57. The predicted octanol–water partition coefficient (Wildman–Crippen LogP) is 8.82. The van der Waals surface area contributed by atoms with E-state index in [-0.39, 0.29) is 17.7 Å². The smallest absolute Gasteiger partial charge is 0.334 e. The first-order valence-electron chi connectivity index (χ1n) is 15.5. The lowest BCUT2D eigenvalue weighted by atomic mass is 9.44. The molecule has 4 heteroatoms. The van der Waals surface area contributed by atoms with Gasteiger partial charge in [0.25, 0.3) is 0 Å². The Morgan fingerprint density at radius 1 is 0.651 bits per heavy atom. The first-order valence-corrected chi connectivity index (χ1v) is 15.5. The number of fused-ring (bicyclic) bond motifs is 7. The molecule has 0 amide bonds. The molecule has 0 bridgehead atoms. The second-order valence-corrected chi connectivity index (χ2v) is 14.8. The van der Waals surface area contributed by atoms with Crippen LogP contribution in [0.4, 0.5) is 17.1 Å². The summed E-state index contributed by atoms with van der Waals surface area (Å²) in [4.78, 5) is 7.66. The van der Waals surface area contributed by atoms with E-state index < -0.39 is 0 Å². The van der Waals surface area contributed by atoms with E-state index in [2.05, 4.69) is 144 Å². The molecule has 3 nitrogen and oxygen atoms in total. The summed E-state index contributed by atoms with van der Waals surface area (Å²) in [5, 5.41) is 2.54. The van der Waals surface area contributed by atoms with Crippen LogP contribution < -0.4 is 15.8 Å². The molecule has 0 saturated carbocycles. The van der Waals surface area contributed by atoms with Crippen molar-refractivity contribution in [3.8, 4) is 11.1 Å². The molecular formula is C39H38BN3. The molecule has 0 spiro atoms. The zero-order chi connectivity index (χ0) is 30.0. The number of hydrogen-bond acceptors (Lipinski definition) is 2. The van der Waals surface area contributed by atoms with Crippen LogP contribution in [-0.4, -0.2) is 16.3 Å². The molecule has 0 atom stereocenters. The molecule has 212 valence electrons. The fourth-order valence-electron chi connectivity index (χ4n) is 7.37. The highest BCUT2D eigenvalue weighted by molar-refractivity contribution is 6.90. The minimum atomic E-state index is -0.0112. The largest absolute Gasteiger partial charge is 0.360 e. The number of rotatable bonds is 1. The minimum absolute atomic E-state index is 0.0112. The highest BCUT2D eigenvalue weighted by atomic mass is 15.2. The summed E-state index contributed by atoms with van der Waals surface area (Å²) in [5.74, 6) is 0. The average Bonchev–Trinajstić information content (AvgIpc) is 3.27. The molecule has 6 aromatic rings. The van der Waals surface area contributed by atoms with Gasteiger partial charge in [0.2, 0.25) is 0 Å². The van der Waals surface area contributed by atoms with E-state index in [0.29, 0.717) is 0 Å². The van der Waals surface area contributed by atoms with E-state index in [0.717, 1.165) is 5.65 Å². The summed E-state index contributed by atoms with van der Waals surface area (Å²) in [5.41, 5.74) is 16.6. The van der Waals surface area contributed by atoms with Crippen molar-refractivity contribution in [2.45, 2.75) is 66.2 Å². The van der Waals surface area contributed by atoms with Crippen LogP contribution in [0.25, 0.3) is 33.1 Å². The summed E-state index contributed by atoms with van der Waals surface area (Å²) >= 11 is 0. The highest BCUT2D eigenvalue weighted by Crippen LogP contribution is 2.47. The van der Waals surface area contributed by atoms with Crippen molar-refractivity contribution in [2.75, 3.05) is 4.90 Å². The number of hydrogen-bond donors (Lipinski definition) is 0. The van der Waals surface area contributed by atoms with Crippen LogP contribution >= 0.6 is 0 Å². The molecule has 0 fully saturated rings. The van der Waals surface area contributed by atoms with Gasteiger partial charge in [-0.2, -0.15) is 0 Å². The van der Waals surface area contributed by atoms with E-state index >= 15 is 0 Å². The number of benzene rings is 4. The van der Waals surface area contributed by atoms with Crippen LogP contribution in [0.3, 0.4) is 0 Å². The Hall–Kier alpha value is -4.31. The van der Waals surface area contributed by atoms with Gasteiger partial charge < -0.3 is 9.38 Å². The summed E-state index contributed by atoms with van der Waals surface area (Å²) in [7, 11) is 0. The molecule has 8 rings (SSSR count). The molecule has 0 aliphatic carbocycles. The van der Waals surface area contributed by atoms with Crippen LogP contribution in [0.5, 0.6) is 0 Å². The third-order valence-corrected chi connectivity index (χ3v) is 9.55. The predicted molar refractivity (Wildman–Crippen MR) is 185 cm³/mol. The highest BCUT2D eigenvalue weighted by Gasteiger charge is 2.44. The summed E-state index contributed by atoms with van der Waals surface area (Å²) in [6, 6.07) is 30.1. The number of pyridine rings is 1. The molecule has 0 unspecified atom stereocenters. The summed E-state index contributed by atoms with van der Waals surface area (Å²) in [6.45, 7) is 18.3. The first kappa shape index (κ1) is 26.3. The van der Waals surface area contributed by atoms with Crippen LogP contribution in [-0.2, 0) is 10.8 Å². The second kappa shape index (κ2) is 8.63. The topological polar surface area (TPSA) is 21.1 Å². The lowest BCUT2D eigenvalue weighted by molar-refractivity contribution is 0.590. The Bertz CT molecular complexity index is 2120. The Kier molecular flexibility index (Phi) is 5.28. The normalized spacial score (nSPS) is 14.0. The van der Waals surface area contributed by atoms with Gasteiger partial charge in [-0.1, -0.05) is 77.9 Å². The zero-order valence-electron chi connectivity index (χ0n) is 26.5. The maximum absolute atomic E-state index is 5.13. The second-order valence-electron chi connectivity index (χ2n) is 14.8. The maximum atomic E-state index is 5.13. The molecule has 0 N–H and O–H groups in total. The fraction of sp³-hybridized carbons (Fsp3) is 0.256. The third-order valence-electron chi connectivity index (χ3n) is 9.55. The molecule has 43 heavy (non-hydrogen) atoms. The van der Waals surface area contributed by atoms with E-state index in [1.807, 2.05) is 6.20 Å². The Morgan fingerprint density at radius 2 is 1.35 bits per heavy atom. The van der Waals surface area contributed by atoms with Gasteiger partial charge >= 0.3 is 6.85 Å². The van der Waals surface area contributed by atoms with Crippen molar-refractivity contribution in [2.24, 2.45) is 0 Å². The first-order chi connectivity index (χ1) is 20.4. The van der Waals surface area contributed by atoms with E-state index in [1.54, 1.807) is 0 Å². The van der Waals surface area contributed by atoms with E-state index in [4.69, 9.17) is 4.98 Å². The van der Waals surface area contributed by atoms with Gasteiger partial charge in [0, 0.05) is 45.1 Å². The van der Waals surface area contributed by atoms with Crippen LogP contribution in [0.1, 0.15) is 63.8 Å². The zero-order valence-corrected chi connectivity index (χ0v) is 26.5. The van der Waals surface area contributed by atoms with Gasteiger partial charge in [0.05, 0.1) is 0 Å².